The zero-order valence-corrected chi connectivity index (χ0v) is 16.1. The molecule has 0 unspecified atom stereocenters. The molecule has 0 bridgehead atoms. The molecule has 0 radical (unpaired) electrons. The first-order valence-electron chi connectivity index (χ1n) is 9.62. The van der Waals surface area contributed by atoms with Crippen molar-refractivity contribution in [3.8, 4) is 11.3 Å². The molecule has 2 aromatic heterocycles. The number of aryl methyl sites for hydroxylation is 2. The van der Waals surface area contributed by atoms with Crippen molar-refractivity contribution >= 4 is 34.0 Å². The van der Waals surface area contributed by atoms with Crippen LogP contribution in [0.4, 0.5) is 0 Å². The molecule has 5 aromatic rings. The molecule has 3 aromatic carbocycles. The lowest BCUT2D eigenvalue weighted by Gasteiger charge is -1.99. The summed E-state index contributed by atoms with van der Waals surface area (Å²) < 4.78 is 0. The molecule has 0 aliphatic carbocycles. The van der Waals surface area contributed by atoms with Crippen molar-refractivity contribution in [3.63, 3.8) is 0 Å². The number of benzene rings is 3. The van der Waals surface area contributed by atoms with Gasteiger partial charge in [0, 0.05) is 33.2 Å². The van der Waals surface area contributed by atoms with Gasteiger partial charge in [-0.25, -0.2) is 0 Å². The largest absolute Gasteiger partial charge is 0.355 e. The van der Waals surface area contributed by atoms with Crippen molar-refractivity contribution in [1.82, 2.24) is 9.97 Å². The Labute approximate surface area is 164 Å². The van der Waals surface area contributed by atoms with Crippen LogP contribution >= 0.6 is 0 Å². The van der Waals surface area contributed by atoms with E-state index in [4.69, 9.17) is 0 Å². The number of hydrogen-bond acceptors (Lipinski definition) is 0. The Hall–Kier alpha value is -3.52. The SMILES string of the molecule is Cc1ccc2[nH]c(-c3ccc(C=Cc4[nH]c5ccccc5c4C)cc3)cc2c1. The topological polar surface area (TPSA) is 31.6 Å². The number of aromatic nitrogens is 2. The number of aromatic amines is 2. The van der Waals surface area contributed by atoms with Crippen molar-refractivity contribution in [2.24, 2.45) is 0 Å². The van der Waals surface area contributed by atoms with E-state index in [1.807, 2.05) is 0 Å². The second-order valence-corrected chi connectivity index (χ2v) is 7.44. The lowest BCUT2D eigenvalue weighted by molar-refractivity contribution is 1.38. The molecular formula is C26H22N2. The van der Waals surface area contributed by atoms with Crippen molar-refractivity contribution in [3.05, 3.63) is 95.2 Å². The Bertz CT molecular complexity index is 1310. The predicted molar refractivity (Wildman–Crippen MR) is 120 cm³/mol. The fourth-order valence-corrected chi connectivity index (χ4v) is 3.83. The van der Waals surface area contributed by atoms with Crippen LogP contribution in [0, 0.1) is 13.8 Å². The van der Waals surface area contributed by atoms with Gasteiger partial charge in [-0.3, -0.25) is 0 Å². The van der Waals surface area contributed by atoms with Crippen LogP contribution in [-0.4, -0.2) is 9.97 Å². The number of H-pyrrole nitrogens is 2. The van der Waals surface area contributed by atoms with Crippen LogP contribution in [0.1, 0.15) is 22.4 Å². The van der Waals surface area contributed by atoms with Crippen LogP contribution in [0.15, 0.2) is 72.8 Å². The van der Waals surface area contributed by atoms with Gasteiger partial charge in [-0.15, -0.1) is 0 Å². The molecule has 28 heavy (non-hydrogen) atoms. The van der Waals surface area contributed by atoms with E-state index in [2.05, 4.69) is 109 Å². The van der Waals surface area contributed by atoms with Gasteiger partial charge in [-0.05, 0) is 60.9 Å². The van der Waals surface area contributed by atoms with Gasteiger partial charge >= 0.3 is 0 Å². The Kier molecular flexibility index (Phi) is 3.91. The third-order valence-electron chi connectivity index (χ3n) is 5.44. The molecule has 2 heterocycles. The van der Waals surface area contributed by atoms with Gasteiger partial charge in [0.1, 0.15) is 0 Å². The number of rotatable bonds is 3. The van der Waals surface area contributed by atoms with Crippen LogP contribution in [0.2, 0.25) is 0 Å². The molecule has 136 valence electrons. The molecule has 2 nitrogen and oxygen atoms in total. The molecular weight excluding hydrogens is 340 g/mol. The molecule has 0 atom stereocenters. The monoisotopic (exact) mass is 362 g/mol. The first-order chi connectivity index (χ1) is 13.7. The Morgan fingerprint density at radius 2 is 1.54 bits per heavy atom. The molecule has 2 N–H and O–H groups in total. The second-order valence-electron chi connectivity index (χ2n) is 7.44. The van der Waals surface area contributed by atoms with Crippen LogP contribution in [0.25, 0.3) is 45.2 Å². The average Bonchev–Trinajstić information content (AvgIpc) is 3.28. The van der Waals surface area contributed by atoms with E-state index < -0.39 is 0 Å². The summed E-state index contributed by atoms with van der Waals surface area (Å²) in [6.45, 7) is 4.29. The smallest absolute Gasteiger partial charge is 0.0464 e. The highest BCUT2D eigenvalue weighted by atomic mass is 14.7. The Morgan fingerprint density at radius 3 is 2.36 bits per heavy atom. The summed E-state index contributed by atoms with van der Waals surface area (Å²) in [4.78, 5) is 7.01. The minimum atomic E-state index is 1.16. The Morgan fingerprint density at radius 1 is 0.714 bits per heavy atom. The molecule has 0 spiro atoms. The zero-order chi connectivity index (χ0) is 19.1. The first-order valence-corrected chi connectivity index (χ1v) is 9.62. The number of fused-ring (bicyclic) bond motifs is 2. The average molecular weight is 362 g/mol. The minimum absolute atomic E-state index is 1.16. The van der Waals surface area contributed by atoms with Gasteiger partial charge in [0.2, 0.25) is 0 Å². The zero-order valence-electron chi connectivity index (χ0n) is 16.1. The fourth-order valence-electron chi connectivity index (χ4n) is 3.83. The summed E-state index contributed by atoms with van der Waals surface area (Å²) in [5.74, 6) is 0. The summed E-state index contributed by atoms with van der Waals surface area (Å²) >= 11 is 0. The van der Waals surface area contributed by atoms with Crippen molar-refractivity contribution < 1.29 is 0 Å². The van der Waals surface area contributed by atoms with Gasteiger partial charge in [0.25, 0.3) is 0 Å². The van der Waals surface area contributed by atoms with Crippen LogP contribution in [0.3, 0.4) is 0 Å². The molecule has 0 saturated carbocycles. The summed E-state index contributed by atoms with van der Waals surface area (Å²) in [6.07, 6.45) is 4.33. The maximum absolute atomic E-state index is 3.52. The Balaban J connectivity index is 1.42. The summed E-state index contributed by atoms with van der Waals surface area (Å²) in [5, 5.41) is 2.54. The highest BCUT2D eigenvalue weighted by molar-refractivity contribution is 5.89. The van der Waals surface area contributed by atoms with Crippen LogP contribution in [-0.2, 0) is 0 Å². The van der Waals surface area contributed by atoms with Gasteiger partial charge < -0.3 is 9.97 Å². The lowest BCUT2D eigenvalue weighted by atomic mass is 10.1. The molecule has 0 fully saturated rings. The van der Waals surface area contributed by atoms with Gasteiger partial charge in [0.05, 0.1) is 0 Å². The fraction of sp³-hybridized carbons (Fsp3) is 0.0769. The second kappa shape index (κ2) is 6.58. The van der Waals surface area contributed by atoms with Crippen LogP contribution < -0.4 is 0 Å². The standard InChI is InChI=1S/C26H22N2/c1-17-7-13-24-21(15-17)16-26(28-24)20-11-8-19(9-12-20)10-14-23-18(2)22-5-3-4-6-25(22)27-23/h3-16,27-28H,1-2H3. The molecule has 2 heteroatoms. The van der Waals surface area contributed by atoms with Gasteiger partial charge in [0.15, 0.2) is 0 Å². The van der Waals surface area contributed by atoms with Crippen molar-refractivity contribution in [2.45, 2.75) is 13.8 Å². The summed E-state index contributed by atoms with van der Waals surface area (Å²) in [7, 11) is 0. The van der Waals surface area contributed by atoms with E-state index in [1.54, 1.807) is 0 Å². The normalized spacial score (nSPS) is 11.8. The van der Waals surface area contributed by atoms with Gasteiger partial charge in [-0.1, -0.05) is 60.2 Å². The molecule has 0 amide bonds. The van der Waals surface area contributed by atoms with E-state index >= 15 is 0 Å². The van der Waals surface area contributed by atoms with E-state index in [1.165, 1.54) is 44.1 Å². The predicted octanol–water partition coefficient (Wildman–Crippen LogP) is 7.10. The first kappa shape index (κ1) is 16.6. The molecule has 5 rings (SSSR count). The van der Waals surface area contributed by atoms with Crippen molar-refractivity contribution in [2.75, 3.05) is 0 Å². The van der Waals surface area contributed by atoms with E-state index in [0.717, 1.165) is 11.4 Å². The molecule has 0 saturated heterocycles. The van der Waals surface area contributed by atoms with Crippen LogP contribution in [0.5, 0.6) is 0 Å². The maximum Gasteiger partial charge on any atom is 0.0464 e. The third-order valence-corrected chi connectivity index (χ3v) is 5.44. The number of nitrogens with one attached hydrogen (secondary N) is 2. The lowest BCUT2D eigenvalue weighted by Crippen LogP contribution is -1.79. The van der Waals surface area contributed by atoms with E-state index in [9.17, 15) is 0 Å². The van der Waals surface area contributed by atoms with Crippen molar-refractivity contribution in [1.29, 1.82) is 0 Å². The molecule has 0 aliphatic rings. The van der Waals surface area contributed by atoms with E-state index in [-0.39, 0.29) is 0 Å². The minimum Gasteiger partial charge on any atom is -0.355 e. The van der Waals surface area contributed by atoms with Gasteiger partial charge in [-0.2, -0.15) is 0 Å². The highest BCUT2D eigenvalue weighted by Gasteiger charge is 2.05. The summed E-state index contributed by atoms with van der Waals surface area (Å²) in [5.41, 5.74) is 9.64. The third kappa shape index (κ3) is 2.93. The quantitative estimate of drug-likeness (QED) is 0.343. The number of hydrogen-bond donors (Lipinski definition) is 2. The summed E-state index contributed by atoms with van der Waals surface area (Å²) in [6, 6.07) is 25.8. The van der Waals surface area contributed by atoms with E-state index in [0.29, 0.717) is 0 Å². The molecule has 0 aliphatic heterocycles. The number of para-hydroxylation sites is 1. The maximum atomic E-state index is 3.52. The highest BCUT2D eigenvalue weighted by Crippen LogP contribution is 2.26.